The molecule has 5 heteroatoms. The van der Waals surface area contributed by atoms with Crippen LogP contribution in [0.3, 0.4) is 0 Å². The molecular formula is C11H13N3OS. The average molecular weight is 235 g/mol. The van der Waals surface area contributed by atoms with Crippen molar-refractivity contribution in [3.05, 3.63) is 28.8 Å². The van der Waals surface area contributed by atoms with Crippen molar-refractivity contribution in [3.63, 3.8) is 0 Å². The third-order valence-electron chi connectivity index (χ3n) is 2.08. The molecule has 0 aliphatic rings. The van der Waals surface area contributed by atoms with Gasteiger partial charge < -0.3 is 0 Å². The molecule has 0 radical (unpaired) electrons. The minimum absolute atomic E-state index is 0.0991. The maximum absolute atomic E-state index is 11.7. The van der Waals surface area contributed by atoms with Gasteiger partial charge in [-0.1, -0.05) is 0 Å². The first-order chi connectivity index (χ1) is 7.56. The molecule has 0 fully saturated rings. The topological polar surface area (TPSA) is 45.2 Å². The van der Waals surface area contributed by atoms with E-state index in [0.717, 1.165) is 15.2 Å². The summed E-state index contributed by atoms with van der Waals surface area (Å²) in [7, 11) is 3.57. The van der Waals surface area contributed by atoms with Crippen molar-refractivity contribution in [2.24, 2.45) is 0 Å². The lowest BCUT2D eigenvalue weighted by Gasteiger charge is -2.11. The van der Waals surface area contributed by atoms with E-state index in [0.29, 0.717) is 5.56 Å². The molecule has 0 saturated heterocycles. The zero-order valence-corrected chi connectivity index (χ0v) is 10.3. The summed E-state index contributed by atoms with van der Waals surface area (Å²) < 4.78 is 1.05. The first-order valence-electron chi connectivity index (χ1n) is 4.92. The highest BCUT2D eigenvalue weighted by molar-refractivity contribution is 7.18. The van der Waals surface area contributed by atoms with Crippen LogP contribution in [0.15, 0.2) is 18.2 Å². The maximum atomic E-state index is 11.7. The molecule has 4 nitrogen and oxygen atoms in total. The first-order valence-corrected chi connectivity index (χ1v) is 5.73. The summed E-state index contributed by atoms with van der Waals surface area (Å²) in [6.45, 7) is 1.96. The second-order valence-electron chi connectivity index (χ2n) is 3.75. The van der Waals surface area contributed by atoms with Gasteiger partial charge in [0.2, 0.25) is 0 Å². The maximum Gasteiger partial charge on any atom is 0.265 e. The molecule has 84 valence electrons. The van der Waals surface area contributed by atoms with Gasteiger partial charge in [0.05, 0.1) is 15.2 Å². The average Bonchev–Trinajstić information content (AvgIpc) is 2.55. The van der Waals surface area contributed by atoms with Crippen LogP contribution in [0.2, 0.25) is 0 Å². The molecular weight excluding hydrogens is 222 g/mol. The molecule has 0 unspecified atom stereocenters. The molecule has 1 aromatic carbocycles. The minimum Gasteiger partial charge on any atom is -0.285 e. The van der Waals surface area contributed by atoms with E-state index in [4.69, 9.17) is 0 Å². The van der Waals surface area contributed by atoms with Crippen LogP contribution in [0.25, 0.3) is 10.2 Å². The zero-order chi connectivity index (χ0) is 11.7. The summed E-state index contributed by atoms with van der Waals surface area (Å²) in [6.07, 6.45) is 0. The van der Waals surface area contributed by atoms with Crippen LogP contribution in [-0.2, 0) is 0 Å². The van der Waals surface area contributed by atoms with E-state index in [1.54, 1.807) is 36.5 Å². The SMILES string of the molecule is Cc1nc2ccc(C(=O)NN(C)C)cc2s1. The Morgan fingerprint density at radius 1 is 1.44 bits per heavy atom. The number of hydrazine groups is 1. The smallest absolute Gasteiger partial charge is 0.265 e. The van der Waals surface area contributed by atoms with Crippen LogP contribution in [0.5, 0.6) is 0 Å². The number of carbonyl (C=O) groups excluding carboxylic acids is 1. The van der Waals surface area contributed by atoms with Gasteiger partial charge in [0.1, 0.15) is 0 Å². The fourth-order valence-corrected chi connectivity index (χ4v) is 2.32. The summed E-state index contributed by atoms with van der Waals surface area (Å²) in [5.41, 5.74) is 4.31. The van der Waals surface area contributed by atoms with Crippen LogP contribution in [0, 0.1) is 6.92 Å². The van der Waals surface area contributed by atoms with Crippen molar-refractivity contribution < 1.29 is 4.79 Å². The minimum atomic E-state index is -0.0991. The fourth-order valence-electron chi connectivity index (χ4n) is 1.45. The Balaban J connectivity index is 2.35. The van der Waals surface area contributed by atoms with Crippen LogP contribution in [0.4, 0.5) is 0 Å². The molecule has 1 heterocycles. The van der Waals surface area contributed by atoms with E-state index in [9.17, 15) is 4.79 Å². The molecule has 0 aliphatic carbocycles. The lowest BCUT2D eigenvalue weighted by molar-refractivity contribution is 0.0857. The number of hydrogen-bond acceptors (Lipinski definition) is 4. The Hall–Kier alpha value is -1.46. The van der Waals surface area contributed by atoms with Crippen LogP contribution < -0.4 is 5.43 Å². The molecule has 1 amide bonds. The molecule has 2 aromatic rings. The van der Waals surface area contributed by atoms with Gasteiger partial charge in [0.25, 0.3) is 5.91 Å². The predicted molar refractivity (Wildman–Crippen MR) is 65.5 cm³/mol. The van der Waals surface area contributed by atoms with Crippen LogP contribution >= 0.6 is 11.3 Å². The third-order valence-corrected chi connectivity index (χ3v) is 3.02. The summed E-state index contributed by atoms with van der Waals surface area (Å²) in [5, 5.41) is 2.64. The predicted octanol–water partition coefficient (Wildman–Crippen LogP) is 1.81. The normalized spacial score (nSPS) is 11.0. The lowest BCUT2D eigenvalue weighted by Crippen LogP contribution is -2.36. The van der Waals surface area contributed by atoms with Crippen molar-refractivity contribution in [2.75, 3.05) is 14.1 Å². The largest absolute Gasteiger partial charge is 0.285 e. The van der Waals surface area contributed by atoms with E-state index in [1.165, 1.54) is 0 Å². The number of amides is 1. The Kier molecular flexibility index (Phi) is 2.89. The Bertz CT molecular complexity index is 533. The fraction of sp³-hybridized carbons (Fsp3) is 0.273. The lowest BCUT2D eigenvalue weighted by atomic mass is 10.2. The Labute approximate surface area is 97.9 Å². The van der Waals surface area contributed by atoms with Gasteiger partial charge in [-0.3, -0.25) is 10.2 Å². The van der Waals surface area contributed by atoms with E-state index in [-0.39, 0.29) is 5.91 Å². The van der Waals surface area contributed by atoms with Crippen molar-refractivity contribution >= 4 is 27.5 Å². The summed E-state index contributed by atoms with van der Waals surface area (Å²) >= 11 is 1.60. The van der Waals surface area contributed by atoms with E-state index >= 15 is 0 Å². The number of fused-ring (bicyclic) bond motifs is 1. The number of aromatic nitrogens is 1. The van der Waals surface area contributed by atoms with Gasteiger partial charge in [-0.25, -0.2) is 9.99 Å². The molecule has 0 bridgehead atoms. The number of nitrogens with zero attached hydrogens (tertiary/aromatic N) is 2. The quantitative estimate of drug-likeness (QED) is 0.807. The highest BCUT2D eigenvalue weighted by atomic mass is 32.1. The number of benzene rings is 1. The van der Waals surface area contributed by atoms with Gasteiger partial charge in [0.15, 0.2) is 0 Å². The first kappa shape index (κ1) is 11.0. The van der Waals surface area contributed by atoms with Crippen LogP contribution in [-0.4, -0.2) is 30.0 Å². The summed E-state index contributed by atoms with van der Waals surface area (Å²) in [4.78, 5) is 16.1. The molecule has 0 atom stereocenters. The standard InChI is InChI=1S/C11H13N3OS/c1-7-12-9-5-4-8(6-10(9)16-7)11(15)13-14(2)3/h4-6H,1-3H3,(H,13,15). The van der Waals surface area contributed by atoms with Crippen molar-refractivity contribution in [3.8, 4) is 0 Å². The monoisotopic (exact) mass is 235 g/mol. The Morgan fingerprint density at radius 3 is 2.88 bits per heavy atom. The zero-order valence-electron chi connectivity index (χ0n) is 9.44. The number of aryl methyl sites for hydroxylation is 1. The summed E-state index contributed by atoms with van der Waals surface area (Å²) in [5.74, 6) is -0.0991. The molecule has 2 rings (SSSR count). The van der Waals surface area contributed by atoms with Gasteiger partial charge in [-0.05, 0) is 25.1 Å². The number of carbonyl (C=O) groups is 1. The Morgan fingerprint density at radius 2 is 2.19 bits per heavy atom. The van der Waals surface area contributed by atoms with Crippen molar-refractivity contribution in [1.29, 1.82) is 0 Å². The van der Waals surface area contributed by atoms with Gasteiger partial charge in [0, 0.05) is 19.7 Å². The van der Waals surface area contributed by atoms with Gasteiger partial charge in [-0.2, -0.15) is 0 Å². The van der Waals surface area contributed by atoms with E-state index in [2.05, 4.69) is 10.4 Å². The van der Waals surface area contributed by atoms with Gasteiger partial charge >= 0.3 is 0 Å². The van der Waals surface area contributed by atoms with E-state index < -0.39 is 0 Å². The highest BCUT2D eigenvalue weighted by Gasteiger charge is 2.08. The van der Waals surface area contributed by atoms with Gasteiger partial charge in [-0.15, -0.1) is 11.3 Å². The number of rotatable bonds is 2. The summed E-state index contributed by atoms with van der Waals surface area (Å²) in [6, 6.07) is 5.54. The molecule has 0 aliphatic heterocycles. The molecule has 1 aromatic heterocycles. The number of nitrogens with one attached hydrogen (secondary N) is 1. The second kappa shape index (κ2) is 4.19. The molecule has 0 saturated carbocycles. The van der Waals surface area contributed by atoms with Crippen LogP contribution in [0.1, 0.15) is 15.4 Å². The molecule has 1 N–H and O–H groups in total. The van der Waals surface area contributed by atoms with Crippen molar-refractivity contribution in [1.82, 2.24) is 15.4 Å². The number of hydrogen-bond donors (Lipinski definition) is 1. The number of thiazole rings is 1. The van der Waals surface area contributed by atoms with Crippen molar-refractivity contribution in [2.45, 2.75) is 6.92 Å². The molecule has 16 heavy (non-hydrogen) atoms. The van der Waals surface area contributed by atoms with E-state index in [1.807, 2.05) is 19.1 Å². The second-order valence-corrected chi connectivity index (χ2v) is 4.99. The molecule has 0 spiro atoms. The highest BCUT2D eigenvalue weighted by Crippen LogP contribution is 2.22. The third kappa shape index (κ3) is 2.20.